The maximum Gasteiger partial charge on any atom is 0.244 e. The van der Waals surface area contributed by atoms with Crippen molar-refractivity contribution in [3.63, 3.8) is 0 Å². The third-order valence-electron chi connectivity index (χ3n) is 5.40. The molecule has 0 spiro atoms. The second-order valence-electron chi connectivity index (χ2n) is 7.95. The average molecular weight is 425 g/mol. The largest absolute Gasteiger partial charge is 0.337 e. The summed E-state index contributed by atoms with van der Waals surface area (Å²) in [7, 11) is 0. The molecule has 0 aliphatic carbocycles. The Morgan fingerprint density at radius 3 is 2.38 bits per heavy atom. The number of hydrogen-bond donors (Lipinski definition) is 1. The summed E-state index contributed by atoms with van der Waals surface area (Å²) in [6.45, 7) is 5.74. The van der Waals surface area contributed by atoms with Gasteiger partial charge in [-0.25, -0.2) is 0 Å². The third-order valence-corrected chi connectivity index (χ3v) is 5.40. The number of carbonyl (C=O) groups excluding carboxylic acids is 2. The van der Waals surface area contributed by atoms with Crippen LogP contribution in [0.1, 0.15) is 32.6 Å². The molecule has 0 fully saturated rings. The number of rotatable bonds is 5. The van der Waals surface area contributed by atoms with Gasteiger partial charge in [-0.1, -0.05) is 23.8 Å². The van der Waals surface area contributed by atoms with Crippen molar-refractivity contribution in [2.24, 2.45) is 0 Å². The fraction of sp³-hybridized carbons (Fsp3) is 0.154. The van der Waals surface area contributed by atoms with Crippen molar-refractivity contribution in [2.75, 3.05) is 5.32 Å². The molecule has 32 heavy (non-hydrogen) atoms. The third kappa shape index (κ3) is 4.21. The Morgan fingerprint density at radius 2 is 1.62 bits per heavy atom. The van der Waals surface area contributed by atoms with Crippen LogP contribution in [-0.4, -0.2) is 21.2 Å². The first-order chi connectivity index (χ1) is 15.3. The van der Waals surface area contributed by atoms with Crippen LogP contribution in [0.15, 0.2) is 71.9 Å². The molecule has 4 aromatic rings. The smallest absolute Gasteiger partial charge is 0.244 e. The number of benzene rings is 2. The highest BCUT2D eigenvalue weighted by atomic mass is 16.2. The lowest BCUT2D eigenvalue weighted by Crippen LogP contribution is -2.24. The van der Waals surface area contributed by atoms with E-state index in [0.717, 1.165) is 22.4 Å². The van der Waals surface area contributed by atoms with Crippen LogP contribution >= 0.6 is 0 Å². The predicted molar refractivity (Wildman–Crippen MR) is 125 cm³/mol. The van der Waals surface area contributed by atoms with Gasteiger partial charge in [0.25, 0.3) is 0 Å². The molecule has 0 saturated carbocycles. The zero-order valence-electron chi connectivity index (χ0n) is 18.2. The highest BCUT2D eigenvalue weighted by Crippen LogP contribution is 2.19. The minimum Gasteiger partial charge on any atom is -0.337 e. The Balaban J connectivity index is 1.77. The molecule has 6 nitrogen and oxygen atoms in total. The maximum absolute atomic E-state index is 13.2. The first-order valence-corrected chi connectivity index (χ1v) is 10.3. The number of aromatic nitrogens is 2. The topological polar surface area (TPSA) is 81.1 Å². The number of nitrogens with zero attached hydrogens (tertiary/aromatic N) is 2. The quantitative estimate of drug-likeness (QED) is 0.486. The molecular formula is C26H23N3O3. The Hall–Kier alpha value is -4.06. The van der Waals surface area contributed by atoms with Crippen LogP contribution in [0.5, 0.6) is 0 Å². The highest BCUT2D eigenvalue weighted by molar-refractivity contribution is 6.10. The number of hydrogen-bond acceptors (Lipinski definition) is 4. The molecule has 4 rings (SSSR count). The molecule has 6 heteroatoms. The first kappa shape index (κ1) is 21.2. The number of nitrogens with one attached hydrogen (secondary N) is 1. The fourth-order valence-electron chi connectivity index (χ4n) is 3.68. The van der Waals surface area contributed by atoms with Crippen LogP contribution in [0.25, 0.3) is 10.9 Å². The number of amides is 1. The van der Waals surface area contributed by atoms with Crippen molar-refractivity contribution in [3.8, 4) is 0 Å². The molecule has 0 unspecified atom stereocenters. The van der Waals surface area contributed by atoms with Crippen molar-refractivity contribution >= 4 is 28.3 Å². The van der Waals surface area contributed by atoms with Crippen molar-refractivity contribution in [1.29, 1.82) is 0 Å². The van der Waals surface area contributed by atoms with Crippen LogP contribution < -0.4 is 10.7 Å². The molecule has 1 amide bonds. The lowest BCUT2D eigenvalue weighted by atomic mass is 10.0. The summed E-state index contributed by atoms with van der Waals surface area (Å²) < 4.78 is 1.66. The lowest BCUT2D eigenvalue weighted by Gasteiger charge is -2.15. The van der Waals surface area contributed by atoms with Gasteiger partial charge in [0.05, 0.1) is 11.1 Å². The fourth-order valence-corrected chi connectivity index (χ4v) is 3.68. The Morgan fingerprint density at radius 1 is 0.938 bits per heavy atom. The summed E-state index contributed by atoms with van der Waals surface area (Å²) in [4.78, 5) is 43.0. The van der Waals surface area contributed by atoms with Gasteiger partial charge in [-0.3, -0.25) is 19.4 Å². The van der Waals surface area contributed by atoms with Gasteiger partial charge in [0.1, 0.15) is 6.54 Å². The van der Waals surface area contributed by atoms with Crippen LogP contribution in [0.2, 0.25) is 0 Å². The van der Waals surface area contributed by atoms with Crippen molar-refractivity contribution < 1.29 is 9.59 Å². The molecule has 0 aliphatic heterocycles. The number of fused-ring (bicyclic) bond motifs is 1. The number of anilines is 1. The zero-order valence-corrected chi connectivity index (χ0v) is 18.2. The molecule has 2 aromatic carbocycles. The number of ketones is 1. The molecule has 2 heterocycles. The standard InChI is InChI=1S/C26H23N3O3/c1-16-5-7-23-20(12-16)26(32)21(25(31)19-8-10-27-11-9-19)14-29(23)15-24(30)28-22-13-17(2)4-6-18(22)3/h4-14H,15H2,1-3H3,(H,28,30). The van der Waals surface area contributed by atoms with E-state index >= 15 is 0 Å². The van der Waals surface area contributed by atoms with Crippen LogP contribution in [0.4, 0.5) is 5.69 Å². The van der Waals surface area contributed by atoms with Crippen molar-refractivity contribution in [2.45, 2.75) is 27.3 Å². The first-order valence-electron chi connectivity index (χ1n) is 10.3. The highest BCUT2D eigenvalue weighted by Gasteiger charge is 2.18. The second kappa shape index (κ2) is 8.59. The molecule has 2 aromatic heterocycles. The lowest BCUT2D eigenvalue weighted by molar-refractivity contribution is -0.116. The molecular weight excluding hydrogens is 402 g/mol. The van der Waals surface area contributed by atoms with Gasteiger partial charge in [0, 0.05) is 35.2 Å². The van der Waals surface area contributed by atoms with Gasteiger partial charge in [0.2, 0.25) is 11.3 Å². The summed E-state index contributed by atoms with van der Waals surface area (Å²) in [6, 6.07) is 14.4. The average Bonchev–Trinajstić information content (AvgIpc) is 2.78. The molecule has 160 valence electrons. The van der Waals surface area contributed by atoms with E-state index in [0.29, 0.717) is 16.5 Å². The summed E-state index contributed by atoms with van der Waals surface area (Å²) in [5.74, 6) is -0.643. The summed E-state index contributed by atoms with van der Waals surface area (Å²) >= 11 is 0. The number of aryl methyl sites for hydroxylation is 3. The molecule has 0 bridgehead atoms. The van der Waals surface area contributed by atoms with E-state index in [1.165, 1.54) is 18.6 Å². The zero-order chi connectivity index (χ0) is 22.8. The molecule has 0 atom stereocenters. The van der Waals surface area contributed by atoms with E-state index in [4.69, 9.17) is 0 Å². The van der Waals surface area contributed by atoms with E-state index in [-0.39, 0.29) is 23.4 Å². The monoisotopic (exact) mass is 425 g/mol. The van der Waals surface area contributed by atoms with Crippen molar-refractivity contribution in [3.05, 3.63) is 105 Å². The minimum absolute atomic E-state index is 0.0221. The van der Waals surface area contributed by atoms with Gasteiger partial charge < -0.3 is 9.88 Å². The number of carbonyl (C=O) groups is 2. The maximum atomic E-state index is 13.2. The Bertz CT molecular complexity index is 1410. The Labute approximate surface area is 185 Å². The van der Waals surface area contributed by atoms with E-state index in [9.17, 15) is 14.4 Å². The van der Waals surface area contributed by atoms with Gasteiger partial charge in [-0.15, -0.1) is 0 Å². The van der Waals surface area contributed by atoms with Crippen LogP contribution in [0.3, 0.4) is 0 Å². The minimum atomic E-state index is -0.399. The van der Waals surface area contributed by atoms with E-state index in [1.807, 2.05) is 45.0 Å². The van der Waals surface area contributed by atoms with Gasteiger partial charge in [-0.2, -0.15) is 0 Å². The molecule has 1 N–H and O–H groups in total. The molecule has 0 saturated heterocycles. The summed E-state index contributed by atoms with van der Waals surface area (Å²) in [6.07, 6.45) is 4.49. The van der Waals surface area contributed by atoms with Crippen LogP contribution in [-0.2, 0) is 11.3 Å². The van der Waals surface area contributed by atoms with Gasteiger partial charge in [-0.05, 0) is 62.2 Å². The van der Waals surface area contributed by atoms with Crippen molar-refractivity contribution in [1.82, 2.24) is 9.55 Å². The van der Waals surface area contributed by atoms with Gasteiger partial charge in [0.15, 0.2) is 5.78 Å². The SMILES string of the molecule is Cc1ccc(C)c(NC(=O)Cn2cc(C(=O)c3ccncc3)c(=O)c3cc(C)ccc32)c1. The van der Waals surface area contributed by atoms with E-state index < -0.39 is 5.78 Å². The van der Waals surface area contributed by atoms with E-state index in [2.05, 4.69) is 10.3 Å². The van der Waals surface area contributed by atoms with Crippen LogP contribution in [0, 0.1) is 20.8 Å². The summed E-state index contributed by atoms with van der Waals surface area (Å²) in [5.41, 5.74) is 4.28. The van der Waals surface area contributed by atoms with E-state index in [1.54, 1.807) is 28.8 Å². The molecule has 0 aliphatic rings. The predicted octanol–water partition coefficient (Wildman–Crippen LogP) is 4.19. The summed E-state index contributed by atoms with van der Waals surface area (Å²) in [5, 5.41) is 3.35. The Kier molecular flexibility index (Phi) is 5.69. The molecule has 0 radical (unpaired) electrons. The van der Waals surface area contributed by atoms with Gasteiger partial charge >= 0.3 is 0 Å². The second-order valence-corrected chi connectivity index (χ2v) is 7.95. The normalized spacial score (nSPS) is 10.8. The number of pyridine rings is 2.